The van der Waals surface area contributed by atoms with Gasteiger partial charge in [0.1, 0.15) is 0 Å². The van der Waals surface area contributed by atoms with Gasteiger partial charge >= 0.3 is 7.12 Å². The summed E-state index contributed by atoms with van der Waals surface area (Å²) in [6, 6.07) is 19.5. The predicted octanol–water partition coefficient (Wildman–Crippen LogP) is 4.54. The molecule has 154 valence electrons. The smallest absolute Gasteiger partial charge is 0.399 e. The maximum Gasteiger partial charge on any atom is 0.494 e. The van der Waals surface area contributed by atoms with Gasteiger partial charge in [-0.25, -0.2) is 0 Å². The molecule has 0 bridgehead atoms. The lowest BCUT2D eigenvalue weighted by atomic mass is 9.79. The lowest BCUT2D eigenvalue weighted by molar-refractivity contribution is 0.00578. The van der Waals surface area contributed by atoms with Gasteiger partial charge in [0.15, 0.2) is 5.15 Å². The zero-order valence-electron chi connectivity index (χ0n) is 17.4. The number of hydrazine groups is 1. The summed E-state index contributed by atoms with van der Waals surface area (Å²) < 4.78 is 12.2. The van der Waals surface area contributed by atoms with Crippen molar-refractivity contribution >= 4 is 35.6 Å². The van der Waals surface area contributed by atoms with Crippen LogP contribution >= 0.6 is 11.6 Å². The fourth-order valence-corrected chi connectivity index (χ4v) is 3.14. The molecule has 3 aromatic rings. The van der Waals surface area contributed by atoms with Gasteiger partial charge in [-0.1, -0.05) is 35.9 Å². The number of halogens is 1. The molecular weight excluding hydrogens is 399 g/mol. The number of benzene rings is 2. The van der Waals surface area contributed by atoms with E-state index < -0.39 is 0 Å². The van der Waals surface area contributed by atoms with Crippen LogP contribution in [0.3, 0.4) is 0 Å². The van der Waals surface area contributed by atoms with E-state index in [1.807, 2.05) is 54.6 Å². The third kappa shape index (κ3) is 4.28. The van der Waals surface area contributed by atoms with Crippen molar-refractivity contribution in [2.24, 2.45) is 0 Å². The van der Waals surface area contributed by atoms with E-state index in [0.717, 1.165) is 28.1 Å². The summed E-state index contributed by atoms with van der Waals surface area (Å²) in [5.74, 6) is 0. The van der Waals surface area contributed by atoms with Gasteiger partial charge in [-0.15, -0.1) is 10.2 Å². The number of hydrogen-bond donors (Lipinski definition) is 2. The fraction of sp³-hybridized carbons (Fsp3) is 0.273. The Kier molecular flexibility index (Phi) is 5.45. The lowest BCUT2D eigenvalue weighted by Crippen LogP contribution is -2.41. The van der Waals surface area contributed by atoms with E-state index in [1.165, 1.54) is 0 Å². The lowest BCUT2D eigenvalue weighted by Gasteiger charge is -2.32. The molecule has 1 aliphatic rings. The summed E-state index contributed by atoms with van der Waals surface area (Å²) in [7, 11) is -0.361. The maximum atomic E-state index is 6.10. The Morgan fingerprint density at radius 1 is 0.733 bits per heavy atom. The molecular formula is C22H24BClN4O2. The Bertz CT molecular complexity index is 993. The van der Waals surface area contributed by atoms with Crippen molar-refractivity contribution < 1.29 is 9.31 Å². The molecule has 4 rings (SSSR count). The van der Waals surface area contributed by atoms with E-state index in [1.54, 1.807) is 6.07 Å². The van der Waals surface area contributed by atoms with Crippen LogP contribution in [0, 0.1) is 0 Å². The van der Waals surface area contributed by atoms with E-state index in [9.17, 15) is 0 Å². The molecule has 0 spiro atoms. The van der Waals surface area contributed by atoms with Gasteiger partial charge < -0.3 is 20.2 Å². The van der Waals surface area contributed by atoms with E-state index in [0.29, 0.717) is 5.15 Å². The van der Waals surface area contributed by atoms with Crippen molar-refractivity contribution in [1.29, 1.82) is 0 Å². The number of rotatable bonds is 5. The van der Waals surface area contributed by atoms with Crippen LogP contribution in [0.5, 0.6) is 0 Å². The van der Waals surface area contributed by atoms with Crippen LogP contribution in [-0.2, 0) is 9.31 Å². The van der Waals surface area contributed by atoms with Crippen LogP contribution in [0.15, 0.2) is 60.7 Å². The summed E-state index contributed by atoms with van der Waals surface area (Å²) in [5.41, 5.74) is 10.3. The highest BCUT2D eigenvalue weighted by atomic mass is 35.5. The van der Waals surface area contributed by atoms with Crippen LogP contribution in [0.1, 0.15) is 27.7 Å². The van der Waals surface area contributed by atoms with Crippen LogP contribution in [0.2, 0.25) is 5.15 Å². The van der Waals surface area contributed by atoms with Gasteiger partial charge in [-0.05, 0) is 69.6 Å². The van der Waals surface area contributed by atoms with Crippen LogP contribution < -0.4 is 16.3 Å². The molecule has 30 heavy (non-hydrogen) atoms. The number of hydrogen-bond acceptors (Lipinski definition) is 6. The van der Waals surface area contributed by atoms with Crippen molar-refractivity contribution in [2.45, 2.75) is 38.9 Å². The first-order chi connectivity index (χ1) is 14.2. The second-order valence-corrected chi connectivity index (χ2v) is 8.67. The molecule has 1 saturated heterocycles. The van der Waals surface area contributed by atoms with Crippen LogP contribution in [0.4, 0.5) is 11.4 Å². The maximum absolute atomic E-state index is 6.10. The minimum atomic E-state index is -0.361. The standard InChI is InChI=1S/C22H24BClN4O2/c1-21(2)22(3,4)30-23(29-21)16-7-11-18(12-8-16)26-25-17-9-5-15(6-10-17)19-13-14-20(24)28-27-19/h5-14,25-26H,1-4H3. The van der Waals surface area contributed by atoms with Crippen molar-refractivity contribution in [2.75, 3.05) is 10.9 Å². The fourth-order valence-electron chi connectivity index (χ4n) is 3.04. The SMILES string of the molecule is CC1(C)OB(c2ccc(NNc3ccc(-c4ccc(Cl)nn4)cc3)cc2)OC1(C)C. The third-order valence-corrected chi connectivity index (χ3v) is 5.80. The molecule has 1 fully saturated rings. The Morgan fingerprint density at radius 2 is 1.27 bits per heavy atom. The summed E-state index contributed by atoms with van der Waals surface area (Å²) in [6.07, 6.45) is 0. The molecule has 2 N–H and O–H groups in total. The van der Waals surface area contributed by atoms with Crippen LogP contribution in [-0.4, -0.2) is 28.5 Å². The van der Waals surface area contributed by atoms with Gasteiger partial charge in [0.25, 0.3) is 0 Å². The quantitative estimate of drug-likeness (QED) is 0.465. The monoisotopic (exact) mass is 422 g/mol. The second kappa shape index (κ2) is 7.91. The largest absolute Gasteiger partial charge is 0.494 e. The Hall–Kier alpha value is -2.61. The molecule has 8 heteroatoms. The Balaban J connectivity index is 1.36. The highest BCUT2D eigenvalue weighted by Crippen LogP contribution is 2.36. The van der Waals surface area contributed by atoms with Crippen LogP contribution in [0.25, 0.3) is 11.3 Å². The average molecular weight is 423 g/mol. The molecule has 1 aliphatic heterocycles. The van der Waals surface area contributed by atoms with Crippen molar-refractivity contribution in [1.82, 2.24) is 10.2 Å². The Labute approximate surface area is 182 Å². The van der Waals surface area contributed by atoms with E-state index in [2.05, 4.69) is 48.7 Å². The summed E-state index contributed by atoms with van der Waals surface area (Å²) in [5, 5.41) is 8.35. The molecule has 0 aliphatic carbocycles. The molecule has 2 aromatic carbocycles. The minimum absolute atomic E-state index is 0.347. The third-order valence-electron chi connectivity index (χ3n) is 5.60. The van der Waals surface area contributed by atoms with E-state index >= 15 is 0 Å². The number of nitrogens with one attached hydrogen (secondary N) is 2. The van der Waals surface area contributed by atoms with E-state index in [-0.39, 0.29) is 18.3 Å². The first kappa shape index (κ1) is 20.7. The summed E-state index contributed by atoms with van der Waals surface area (Å²) in [4.78, 5) is 0. The zero-order chi connectivity index (χ0) is 21.4. The highest BCUT2D eigenvalue weighted by molar-refractivity contribution is 6.62. The number of aromatic nitrogens is 2. The Morgan fingerprint density at radius 3 is 1.77 bits per heavy atom. The predicted molar refractivity (Wildman–Crippen MR) is 122 cm³/mol. The molecule has 0 atom stereocenters. The number of nitrogens with zero attached hydrogens (tertiary/aromatic N) is 2. The van der Waals surface area contributed by atoms with Gasteiger partial charge in [0.2, 0.25) is 0 Å². The van der Waals surface area contributed by atoms with Gasteiger partial charge in [0.05, 0.1) is 28.3 Å². The molecule has 1 aromatic heterocycles. The molecule has 0 saturated carbocycles. The zero-order valence-corrected chi connectivity index (χ0v) is 18.2. The van der Waals surface area contributed by atoms with Crippen molar-refractivity contribution in [3.05, 3.63) is 65.8 Å². The summed E-state index contributed by atoms with van der Waals surface area (Å²) >= 11 is 5.79. The minimum Gasteiger partial charge on any atom is -0.399 e. The van der Waals surface area contributed by atoms with Gasteiger partial charge in [0, 0.05) is 5.56 Å². The molecule has 6 nitrogen and oxygen atoms in total. The highest BCUT2D eigenvalue weighted by Gasteiger charge is 2.51. The normalized spacial score (nSPS) is 17.0. The molecule has 0 radical (unpaired) electrons. The average Bonchev–Trinajstić information content (AvgIpc) is 2.95. The van der Waals surface area contributed by atoms with Gasteiger partial charge in [-0.3, -0.25) is 0 Å². The first-order valence-electron chi connectivity index (χ1n) is 9.81. The van der Waals surface area contributed by atoms with E-state index in [4.69, 9.17) is 20.9 Å². The topological polar surface area (TPSA) is 68.3 Å². The first-order valence-corrected chi connectivity index (χ1v) is 10.2. The molecule has 0 unspecified atom stereocenters. The summed E-state index contributed by atoms with van der Waals surface area (Å²) in [6.45, 7) is 8.21. The second-order valence-electron chi connectivity index (χ2n) is 8.28. The molecule has 2 heterocycles. The van der Waals surface area contributed by atoms with Gasteiger partial charge in [-0.2, -0.15) is 0 Å². The number of anilines is 2. The van der Waals surface area contributed by atoms with Crippen molar-refractivity contribution in [3.63, 3.8) is 0 Å². The molecule has 0 amide bonds. The van der Waals surface area contributed by atoms with Crippen molar-refractivity contribution in [3.8, 4) is 11.3 Å².